The summed E-state index contributed by atoms with van der Waals surface area (Å²) < 4.78 is 5.28. The Bertz CT molecular complexity index is 201. The fraction of sp³-hybridized carbons (Fsp3) is 0.692. The average molecular weight is 194 g/mol. The number of rotatable bonds is 8. The zero-order chi connectivity index (χ0) is 10.1. The van der Waals surface area contributed by atoms with Crippen molar-refractivity contribution >= 4 is 0 Å². The van der Waals surface area contributed by atoms with E-state index in [2.05, 4.69) is 13.0 Å². The second-order valence-corrected chi connectivity index (χ2v) is 3.95. The molecule has 1 heterocycles. The quantitative estimate of drug-likeness (QED) is 0.552. The molecule has 1 nitrogen and oxygen atoms in total. The summed E-state index contributed by atoms with van der Waals surface area (Å²) in [5.41, 5.74) is 0. The second kappa shape index (κ2) is 7.66. The van der Waals surface area contributed by atoms with Crippen molar-refractivity contribution in [1.29, 1.82) is 0 Å². The summed E-state index contributed by atoms with van der Waals surface area (Å²) in [4.78, 5) is 0. The van der Waals surface area contributed by atoms with E-state index in [9.17, 15) is 0 Å². The van der Waals surface area contributed by atoms with Gasteiger partial charge in [-0.2, -0.15) is 0 Å². The SMILES string of the molecule is CCCCCCCCCc1ccco1. The van der Waals surface area contributed by atoms with E-state index >= 15 is 0 Å². The van der Waals surface area contributed by atoms with E-state index in [4.69, 9.17) is 4.42 Å². The lowest BCUT2D eigenvalue weighted by Gasteiger charge is -1.99. The Labute approximate surface area is 87.5 Å². The minimum atomic E-state index is 1.11. The van der Waals surface area contributed by atoms with E-state index in [1.807, 2.05) is 6.07 Å². The Morgan fingerprint density at radius 2 is 1.71 bits per heavy atom. The van der Waals surface area contributed by atoms with Gasteiger partial charge in [0.2, 0.25) is 0 Å². The van der Waals surface area contributed by atoms with Crippen molar-refractivity contribution in [3.05, 3.63) is 24.2 Å². The molecule has 0 atom stereocenters. The molecule has 0 saturated heterocycles. The normalized spacial score (nSPS) is 10.6. The molecule has 0 spiro atoms. The highest BCUT2D eigenvalue weighted by Gasteiger charge is 1.95. The highest BCUT2D eigenvalue weighted by molar-refractivity contribution is 4.97. The molecule has 80 valence electrons. The van der Waals surface area contributed by atoms with Crippen molar-refractivity contribution in [3.8, 4) is 0 Å². The number of hydrogen-bond acceptors (Lipinski definition) is 1. The first-order valence-electron chi connectivity index (χ1n) is 5.96. The number of hydrogen-bond donors (Lipinski definition) is 0. The summed E-state index contributed by atoms with van der Waals surface area (Å²) in [6, 6.07) is 4.04. The molecule has 0 unspecified atom stereocenters. The predicted molar refractivity (Wildman–Crippen MR) is 60.4 cm³/mol. The van der Waals surface area contributed by atoms with E-state index in [-0.39, 0.29) is 0 Å². The smallest absolute Gasteiger partial charge is 0.103 e. The van der Waals surface area contributed by atoms with E-state index in [1.165, 1.54) is 44.9 Å². The van der Waals surface area contributed by atoms with Crippen LogP contribution in [0.15, 0.2) is 22.8 Å². The van der Waals surface area contributed by atoms with Crippen LogP contribution in [0, 0.1) is 0 Å². The molecule has 0 aromatic carbocycles. The van der Waals surface area contributed by atoms with E-state index < -0.39 is 0 Å². The third kappa shape index (κ3) is 5.11. The van der Waals surface area contributed by atoms with Crippen LogP contribution in [-0.4, -0.2) is 0 Å². The maximum absolute atomic E-state index is 5.28. The molecule has 0 fully saturated rings. The van der Waals surface area contributed by atoms with Gasteiger partial charge in [0.15, 0.2) is 0 Å². The maximum atomic E-state index is 5.28. The molecule has 0 N–H and O–H groups in total. The van der Waals surface area contributed by atoms with Gasteiger partial charge in [0, 0.05) is 6.42 Å². The summed E-state index contributed by atoms with van der Waals surface area (Å²) in [6.07, 6.45) is 12.5. The van der Waals surface area contributed by atoms with Gasteiger partial charge in [-0.25, -0.2) is 0 Å². The Hall–Kier alpha value is -0.720. The first-order valence-corrected chi connectivity index (χ1v) is 5.96. The molecule has 0 amide bonds. The van der Waals surface area contributed by atoms with Gasteiger partial charge in [0.25, 0.3) is 0 Å². The molecule has 1 heteroatoms. The second-order valence-electron chi connectivity index (χ2n) is 3.95. The van der Waals surface area contributed by atoms with Crippen molar-refractivity contribution in [2.45, 2.75) is 58.3 Å². The van der Waals surface area contributed by atoms with Crippen LogP contribution in [0.4, 0.5) is 0 Å². The van der Waals surface area contributed by atoms with Crippen molar-refractivity contribution in [2.75, 3.05) is 0 Å². The fourth-order valence-corrected chi connectivity index (χ4v) is 1.71. The van der Waals surface area contributed by atoms with Crippen molar-refractivity contribution in [2.24, 2.45) is 0 Å². The molecule has 0 radical (unpaired) electrons. The molecule has 1 aromatic heterocycles. The summed E-state index contributed by atoms with van der Waals surface area (Å²) >= 11 is 0. The average Bonchev–Trinajstić information content (AvgIpc) is 2.69. The largest absolute Gasteiger partial charge is 0.469 e. The van der Waals surface area contributed by atoms with Crippen LogP contribution in [0.3, 0.4) is 0 Å². The van der Waals surface area contributed by atoms with E-state index in [0.29, 0.717) is 0 Å². The summed E-state index contributed by atoms with van der Waals surface area (Å²) in [7, 11) is 0. The lowest BCUT2D eigenvalue weighted by Crippen LogP contribution is -1.83. The highest BCUT2D eigenvalue weighted by atomic mass is 16.3. The Morgan fingerprint density at radius 3 is 2.36 bits per heavy atom. The lowest BCUT2D eigenvalue weighted by molar-refractivity contribution is 0.491. The Kier molecular flexibility index (Phi) is 6.21. The minimum absolute atomic E-state index is 1.11. The maximum Gasteiger partial charge on any atom is 0.103 e. The lowest BCUT2D eigenvalue weighted by atomic mass is 10.1. The molecule has 0 aliphatic carbocycles. The number of unbranched alkanes of at least 4 members (excludes halogenated alkanes) is 6. The van der Waals surface area contributed by atoms with Crippen LogP contribution in [0.5, 0.6) is 0 Å². The third-order valence-corrected chi connectivity index (χ3v) is 2.61. The first kappa shape index (κ1) is 11.4. The Balaban J connectivity index is 1.85. The van der Waals surface area contributed by atoms with Crippen molar-refractivity contribution < 1.29 is 4.42 Å². The summed E-state index contributed by atoms with van der Waals surface area (Å²) in [6.45, 7) is 2.26. The van der Waals surface area contributed by atoms with Gasteiger partial charge < -0.3 is 4.42 Å². The van der Waals surface area contributed by atoms with Crippen LogP contribution >= 0.6 is 0 Å². The van der Waals surface area contributed by atoms with Gasteiger partial charge in [0.1, 0.15) is 5.76 Å². The number of aryl methyl sites for hydroxylation is 1. The van der Waals surface area contributed by atoms with E-state index in [1.54, 1.807) is 6.26 Å². The van der Waals surface area contributed by atoms with Crippen molar-refractivity contribution in [3.63, 3.8) is 0 Å². The zero-order valence-corrected chi connectivity index (χ0v) is 9.30. The zero-order valence-electron chi connectivity index (χ0n) is 9.30. The molecule has 0 aliphatic rings. The van der Waals surface area contributed by atoms with E-state index in [0.717, 1.165) is 12.2 Å². The summed E-state index contributed by atoms with van der Waals surface area (Å²) in [5, 5.41) is 0. The van der Waals surface area contributed by atoms with Crippen LogP contribution < -0.4 is 0 Å². The molecule has 14 heavy (non-hydrogen) atoms. The number of furan rings is 1. The molecule has 1 aromatic rings. The predicted octanol–water partition coefficient (Wildman–Crippen LogP) is 4.57. The molecule has 0 aliphatic heterocycles. The fourth-order valence-electron chi connectivity index (χ4n) is 1.71. The molecular formula is C13H22O. The summed E-state index contributed by atoms with van der Waals surface area (Å²) in [5.74, 6) is 1.14. The first-order chi connectivity index (χ1) is 6.93. The van der Waals surface area contributed by atoms with Crippen LogP contribution in [-0.2, 0) is 6.42 Å². The monoisotopic (exact) mass is 194 g/mol. The molecule has 0 saturated carbocycles. The van der Waals surface area contributed by atoms with Crippen LogP contribution in [0.2, 0.25) is 0 Å². The third-order valence-electron chi connectivity index (χ3n) is 2.61. The standard InChI is InChI=1S/C13H22O/c1-2-3-4-5-6-7-8-10-13-11-9-12-14-13/h9,11-12H,2-8,10H2,1H3. The van der Waals surface area contributed by atoms with Gasteiger partial charge in [-0.3, -0.25) is 0 Å². The molecule has 0 bridgehead atoms. The van der Waals surface area contributed by atoms with Crippen LogP contribution in [0.25, 0.3) is 0 Å². The molecular weight excluding hydrogens is 172 g/mol. The Morgan fingerprint density at radius 1 is 1.00 bits per heavy atom. The minimum Gasteiger partial charge on any atom is -0.469 e. The van der Waals surface area contributed by atoms with Crippen LogP contribution in [0.1, 0.15) is 57.6 Å². The van der Waals surface area contributed by atoms with Gasteiger partial charge in [-0.05, 0) is 18.6 Å². The highest BCUT2D eigenvalue weighted by Crippen LogP contribution is 2.10. The van der Waals surface area contributed by atoms with Gasteiger partial charge in [-0.15, -0.1) is 0 Å². The van der Waals surface area contributed by atoms with Crippen molar-refractivity contribution in [1.82, 2.24) is 0 Å². The van der Waals surface area contributed by atoms with Gasteiger partial charge in [0.05, 0.1) is 6.26 Å². The molecule has 1 rings (SSSR count). The van der Waals surface area contributed by atoms with Gasteiger partial charge in [-0.1, -0.05) is 45.4 Å². The van der Waals surface area contributed by atoms with Gasteiger partial charge >= 0.3 is 0 Å². The topological polar surface area (TPSA) is 13.1 Å².